The van der Waals surface area contributed by atoms with E-state index in [4.69, 9.17) is 4.74 Å². The van der Waals surface area contributed by atoms with E-state index in [1.807, 2.05) is 6.92 Å². The monoisotopic (exact) mass is 520 g/mol. The summed E-state index contributed by atoms with van der Waals surface area (Å²) in [6.45, 7) is 2.05. The Kier molecular flexibility index (Phi) is 7.87. The third-order valence-electron chi connectivity index (χ3n) is 4.53. The summed E-state index contributed by atoms with van der Waals surface area (Å²) in [7, 11) is -4.02. The molecule has 32 heavy (non-hydrogen) atoms. The number of hydrogen-bond acceptors (Lipinski definition) is 4. The number of hydrogen-bond donors (Lipinski definition) is 1. The smallest absolute Gasteiger partial charge is 0.264 e. The highest BCUT2D eigenvalue weighted by Gasteiger charge is 2.27. The van der Waals surface area contributed by atoms with E-state index in [-0.39, 0.29) is 17.3 Å². The number of nitrogens with one attached hydrogen (secondary N) is 1. The largest absolute Gasteiger partial charge is 0.494 e. The van der Waals surface area contributed by atoms with Crippen molar-refractivity contribution in [1.82, 2.24) is 5.32 Å². The van der Waals surface area contributed by atoms with Crippen LogP contribution in [0.3, 0.4) is 0 Å². The molecule has 1 amide bonds. The first-order valence-corrected chi connectivity index (χ1v) is 12.0. The van der Waals surface area contributed by atoms with E-state index in [0.29, 0.717) is 23.6 Å². The van der Waals surface area contributed by atoms with E-state index in [1.54, 1.807) is 48.5 Å². The van der Waals surface area contributed by atoms with Crippen molar-refractivity contribution >= 4 is 37.5 Å². The Labute approximate surface area is 195 Å². The van der Waals surface area contributed by atoms with Gasteiger partial charge in [0.1, 0.15) is 18.1 Å². The second kappa shape index (κ2) is 10.6. The van der Waals surface area contributed by atoms with Crippen LogP contribution >= 0.6 is 15.9 Å². The van der Waals surface area contributed by atoms with Crippen molar-refractivity contribution in [3.05, 3.63) is 88.6 Å². The fourth-order valence-electron chi connectivity index (χ4n) is 2.91. The molecular formula is C23H22BrFN2O4S. The molecule has 3 aromatic rings. The number of carbonyl (C=O) groups is 1. The zero-order valence-corrected chi connectivity index (χ0v) is 19.7. The van der Waals surface area contributed by atoms with Gasteiger partial charge in [0.15, 0.2) is 0 Å². The van der Waals surface area contributed by atoms with Crippen LogP contribution in [0.5, 0.6) is 5.75 Å². The number of amides is 1. The van der Waals surface area contributed by atoms with Gasteiger partial charge >= 0.3 is 0 Å². The van der Waals surface area contributed by atoms with Gasteiger partial charge in [0, 0.05) is 11.0 Å². The standard InChI is InChI=1S/C23H22BrFN2O4S/c1-2-31-21-11-9-20(10-12-21)27(32(29,30)22-13-5-18(24)6-14-22)16-23(28)26-15-17-3-7-19(25)8-4-17/h3-14H,2,15-16H2,1H3,(H,26,28). The molecule has 0 fully saturated rings. The Morgan fingerprint density at radius 2 is 1.62 bits per heavy atom. The average Bonchev–Trinajstić information content (AvgIpc) is 2.78. The number of nitrogens with zero attached hydrogens (tertiary/aromatic N) is 1. The SMILES string of the molecule is CCOc1ccc(N(CC(=O)NCc2ccc(F)cc2)S(=O)(=O)c2ccc(Br)cc2)cc1. The summed E-state index contributed by atoms with van der Waals surface area (Å²) < 4.78 is 47.0. The van der Waals surface area contributed by atoms with Gasteiger partial charge in [-0.05, 0) is 73.2 Å². The van der Waals surface area contributed by atoms with Crippen molar-refractivity contribution < 1.29 is 22.3 Å². The van der Waals surface area contributed by atoms with Crippen LogP contribution in [0.1, 0.15) is 12.5 Å². The Bertz CT molecular complexity index is 1150. The van der Waals surface area contributed by atoms with Crippen LogP contribution in [0.4, 0.5) is 10.1 Å². The number of rotatable bonds is 9. The second-order valence-corrected chi connectivity index (χ2v) is 9.57. The van der Waals surface area contributed by atoms with E-state index in [1.165, 1.54) is 24.3 Å². The van der Waals surface area contributed by atoms with Crippen molar-refractivity contribution in [2.24, 2.45) is 0 Å². The molecule has 1 N–H and O–H groups in total. The predicted molar refractivity (Wildman–Crippen MR) is 125 cm³/mol. The highest BCUT2D eigenvalue weighted by Crippen LogP contribution is 2.26. The first-order valence-electron chi connectivity index (χ1n) is 9.82. The zero-order valence-electron chi connectivity index (χ0n) is 17.3. The fraction of sp³-hybridized carbons (Fsp3) is 0.174. The number of carbonyl (C=O) groups excluding carboxylic acids is 1. The third kappa shape index (κ3) is 6.08. The lowest BCUT2D eigenvalue weighted by Crippen LogP contribution is -2.40. The van der Waals surface area contributed by atoms with Gasteiger partial charge in [0.2, 0.25) is 5.91 Å². The Morgan fingerprint density at radius 3 is 2.22 bits per heavy atom. The fourth-order valence-corrected chi connectivity index (χ4v) is 4.60. The Morgan fingerprint density at radius 1 is 1.00 bits per heavy atom. The van der Waals surface area contributed by atoms with Gasteiger partial charge in [-0.1, -0.05) is 28.1 Å². The second-order valence-electron chi connectivity index (χ2n) is 6.80. The van der Waals surface area contributed by atoms with Crippen molar-refractivity contribution in [1.29, 1.82) is 0 Å². The molecule has 3 aromatic carbocycles. The molecule has 0 unspecified atom stereocenters. The quantitative estimate of drug-likeness (QED) is 0.450. The lowest BCUT2D eigenvalue weighted by molar-refractivity contribution is -0.119. The summed E-state index contributed by atoms with van der Waals surface area (Å²) in [6, 6.07) is 18.4. The molecule has 9 heteroatoms. The molecule has 6 nitrogen and oxygen atoms in total. The van der Waals surface area contributed by atoms with Crippen LogP contribution in [0.15, 0.2) is 82.2 Å². The third-order valence-corrected chi connectivity index (χ3v) is 6.84. The minimum Gasteiger partial charge on any atom is -0.494 e. The highest BCUT2D eigenvalue weighted by atomic mass is 79.9. The first-order chi connectivity index (χ1) is 15.3. The minimum absolute atomic E-state index is 0.0564. The van der Waals surface area contributed by atoms with Crippen LogP contribution in [0, 0.1) is 5.82 Å². The molecule has 0 aromatic heterocycles. The number of anilines is 1. The van der Waals surface area contributed by atoms with Gasteiger partial charge in [-0.15, -0.1) is 0 Å². The summed E-state index contributed by atoms with van der Waals surface area (Å²) in [5, 5.41) is 2.68. The highest BCUT2D eigenvalue weighted by molar-refractivity contribution is 9.10. The summed E-state index contributed by atoms with van der Waals surface area (Å²) in [5.41, 5.74) is 1.02. The average molecular weight is 521 g/mol. The maximum Gasteiger partial charge on any atom is 0.264 e. The van der Waals surface area contributed by atoms with Crippen LogP contribution in [0.25, 0.3) is 0 Å². The number of ether oxygens (including phenoxy) is 1. The van der Waals surface area contributed by atoms with E-state index in [0.717, 1.165) is 8.78 Å². The molecule has 0 aliphatic carbocycles. The van der Waals surface area contributed by atoms with Crippen molar-refractivity contribution in [3.8, 4) is 5.75 Å². The topological polar surface area (TPSA) is 75.7 Å². The van der Waals surface area contributed by atoms with Gasteiger partial charge in [0.25, 0.3) is 10.0 Å². The maximum atomic E-state index is 13.4. The number of benzene rings is 3. The number of sulfonamides is 1. The predicted octanol–water partition coefficient (Wildman–Crippen LogP) is 4.50. The van der Waals surface area contributed by atoms with Gasteiger partial charge in [0.05, 0.1) is 17.2 Å². The van der Waals surface area contributed by atoms with Gasteiger partial charge in [-0.2, -0.15) is 0 Å². The molecule has 3 rings (SSSR count). The van der Waals surface area contributed by atoms with E-state index in [2.05, 4.69) is 21.2 Å². The molecule has 168 valence electrons. The zero-order chi connectivity index (χ0) is 23.1. The molecule has 0 bridgehead atoms. The van der Waals surface area contributed by atoms with E-state index >= 15 is 0 Å². The summed E-state index contributed by atoms with van der Waals surface area (Å²) in [6.07, 6.45) is 0. The Hall–Kier alpha value is -2.91. The van der Waals surface area contributed by atoms with Gasteiger partial charge < -0.3 is 10.1 Å². The summed E-state index contributed by atoms with van der Waals surface area (Å²) in [5.74, 6) is -0.274. The van der Waals surface area contributed by atoms with Gasteiger partial charge in [-0.3, -0.25) is 9.10 Å². The molecular weight excluding hydrogens is 499 g/mol. The summed E-state index contributed by atoms with van der Waals surface area (Å²) in [4.78, 5) is 12.7. The molecule has 0 heterocycles. The van der Waals surface area contributed by atoms with Gasteiger partial charge in [-0.25, -0.2) is 12.8 Å². The van der Waals surface area contributed by atoms with Crippen LogP contribution in [0.2, 0.25) is 0 Å². The van der Waals surface area contributed by atoms with Crippen molar-refractivity contribution in [3.63, 3.8) is 0 Å². The number of halogens is 2. The molecule has 0 spiro atoms. The summed E-state index contributed by atoms with van der Waals surface area (Å²) >= 11 is 3.29. The van der Waals surface area contributed by atoms with E-state index in [9.17, 15) is 17.6 Å². The van der Waals surface area contributed by atoms with Crippen LogP contribution in [-0.4, -0.2) is 27.5 Å². The van der Waals surface area contributed by atoms with Crippen molar-refractivity contribution in [2.75, 3.05) is 17.5 Å². The van der Waals surface area contributed by atoms with Crippen molar-refractivity contribution in [2.45, 2.75) is 18.4 Å². The minimum atomic E-state index is -4.02. The van der Waals surface area contributed by atoms with E-state index < -0.39 is 22.5 Å². The normalized spacial score (nSPS) is 11.1. The molecule has 0 aliphatic heterocycles. The Balaban J connectivity index is 1.84. The maximum absolute atomic E-state index is 13.4. The first kappa shape index (κ1) is 23.7. The lowest BCUT2D eigenvalue weighted by Gasteiger charge is -2.24. The van der Waals surface area contributed by atoms with Crippen LogP contribution in [-0.2, 0) is 21.4 Å². The molecule has 0 radical (unpaired) electrons. The molecule has 0 atom stereocenters. The molecule has 0 saturated heterocycles. The lowest BCUT2D eigenvalue weighted by atomic mass is 10.2. The molecule has 0 aliphatic rings. The molecule has 0 saturated carbocycles. The van der Waals surface area contributed by atoms with Crippen LogP contribution < -0.4 is 14.4 Å².